The van der Waals surface area contributed by atoms with E-state index in [1.54, 1.807) is 4.90 Å². The molecule has 1 aromatic rings. The molecule has 6 atom stereocenters. The second-order valence-electron chi connectivity index (χ2n) is 12.7. The van der Waals surface area contributed by atoms with Gasteiger partial charge in [0.05, 0.1) is 24.8 Å². The molecule has 0 aromatic heterocycles. The zero-order valence-corrected chi connectivity index (χ0v) is 24.9. The van der Waals surface area contributed by atoms with Crippen LogP contribution < -0.4 is 20.7 Å². The van der Waals surface area contributed by atoms with E-state index < -0.39 is 12.1 Å². The minimum Gasteiger partial charge on any atom is -0.493 e. The fourth-order valence-corrected chi connectivity index (χ4v) is 7.80. The van der Waals surface area contributed by atoms with Gasteiger partial charge in [-0.05, 0) is 57.6 Å². The normalized spacial score (nSPS) is 30.6. The van der Waals surface area contributed by atoms with E-state index in [1.807, 2.05) is 31.2 Å². The Hall–Kier alpha value is -2.69. The minimum absolute atomic E-state index is 0.0838. The van der Waals surface area contributed by atoms with E-state index in [1.165, 1.54) is 0 Å². The van der Waals surface area contributed by atoms with Gasteiger partial charge >= 0.3 is 0 Å². The Bertz CT molecular complexity index is 1120. The molecule has 4 aliphatic heterocycles. The van der Waals surface area contributed by atoms with Gasteiger partial charge in [0.2, 0.25) is 17.7 Å². The molecule has 10 nitrogen and oxygen atoms in total. The molecular weight excluding hydrogens is 534 g/mol. The van der Waals surface area contributed by atoms with Crippen LogP contribution in [0.5, 0.6) is 5.75 Å². The minimum atomic E-state index is -0.642. The van der Waals surface area contributed by atoms with Crippen LogP contribution in [0.4, 0.5) is 0 Å². The number of piperazine rings is 1. The van der Waals surface area contributed by atoms with Crippen molar-refractivity contribution in [2.45, 2.75) is 101 Å². The molecule has 4 fully saturated rings. The first-order valence-electron chi connectivity index (χ1n) is 16.2. The molecule has 0 radical (unpaired) electrons. The number of nitrogens with one attached hydrogen (secondary N) is 3. The second kappa shape index (κ2) is 13.3. The van der Waals surface area contributed by atoms with Gasteiger partial charge in [-0.25, -0.2) is 0 Å². The summed E-state index contributed by atoms with van der Waals surface area (Å²) >= 11 is 0. The lowest BCUT2D eigenvalue weighted by Gasteiger charge is -2.45. The van der Waals surface area contributed by atoms with Gasteiger partial charge in [-0.1, -0.05) is 37.5 Å². The Morgan fingerprint density at radius 2 is 1.86 bits per heavy atom. The third-order valence-corrected chi connectivity index (χ3v) is 10.0. The summed E-state index contributed by atoms with van der Waals surface area (Å²) in [5.41, 5.74) is 0.970. The van der Waals surface area contributed by atoms with Gasteiger partial charge in [0.15, 0.2) is 0 Å². The van der Waals surface area contributed by atoms with Crippen LogP contribution in [0, 0.1) is 5.92 Å². The first-order valence-corrected chi connectivity index (χ1v) is 16.2. The number of hydrogen-bond donors (Lipinski definition) is 3. The smallest absolute Gasteiger partial charge is 0.246 e. The first kappa shape index (κ1) is 29.4. The van der Waals surface area contributed by atoms with Crippen LogP contribution in [0.1, 0.15) is 76.3 Å². The predicted molar refractivity (Wildman–Crippen MR) is 158 cm³/mol. The van der Waals surface area contributed by atoms with E-state index in [0.717, 1.165) is 75.8 Å². The van der Waals surface area contributed by atoms with E-state index in [0.29, 0.717) is 32.7 Å². The molecule has 4 heterocycles. The van der Waals surface area contributed by atoms with Crippen LogP contribution in [-0.4, -0.2) is 97.2 Å². The predicted octanol–water partition coefficient (Wildman–Crippen LogP) is 2.13. The number of carbonyl (C=O) groups is 3. The SMILES string of the molecule is CCO[C@@H]1C[C@@H]2CN(C(=O)[C@@H](NC(=O)[C@H]3CCCN3)C3CCCCC3)[C@H](C(=O)N[C@@H]3CCOc4ccccc43)CN2C1. The fourth-order valence-electron chi connectivity index (χ4n) is 7.80. The lowest BCUT2D eigenvalue weighted by Crippen LogP contribution is -2.66. The molecule has 3 saturated heterocycles. The summed E-state index contributed by atoms with van der Waals surface area (Å²) in [5, 5.41) is 9.75. The summed E-state index contributed by atoms with van der Waals surface area (Å²) in [6.07, 6.45) is 8.48. The lowest BCUT2D eigenvalue weighted by molar-refractivity contribution is -0.149. The van der Waals surface area contributed by atoms with Crippen molar-refractivity contribution >= 4 is 17.7 Å². The molecule has 0 bridgehead atoms. The van der Waals surface area contributed by atoms with Crippen molar-refractivity contribution in [1.29, 1.82) is 0 Å². The highest BCUT2D eigenvalue weighted by molar-refractivity contribution is 5.94. The highest BCUT2D eigenvalue weighted by Gasteiger charge is 2.47. The van der Waals surface area contributed by atoms with Crippen molar-refractivity contribution < 1.29 is 23.9 Å². The summed E-state index contributed by atoms with van der Waals surface area (Å²) in [6.45, 7) is 5.70. The highest BCUT2D eigenvalue weighted by atomic mass is 16.5. The Morgan fingerprint density at radius 1 is 1.02 bits per heavy atom. The number of para-hydroxylation sites is 1. The Balaban J connectivity index is 1.25. The third kappa shape index (κ3) is 6.31. The molecular formula is C32H47N5O5. The molecule has 230 valence electrons. The van der Waals surface area contributed by atoms with E-state index >= 15 is 0 Å². The summed E-state index contributed by atoms with van der Waals surface area (Å²) in [7, 11) is 0. The van der Waals surface area contributed by atoms with Crippen LogP contribution in [-0.2, 0) is 19.1 Å². The van der Waals surface area contributed by atoms with E-state index in [4.69, 9.17) is 9.47 Å². The molecule has 1 aliphatic carbocycles. The summed E-state index contributed by atoms with van der Waals surface area (Å²) < 4.78 is 11.8. The molecule has 5 aliphatic rings. The Labute approximate surface area is 249 Å². The van der Waals surface area contributed by atoms with Gasteiger partial charge in [-0.15, -0.1) is 0 Å². The van der Waals surface area contributed by atoms with Crippen molar-refractivity contribution in [2.75, 3.05) is 39.4 Å². The van der Waals surface area contributed by atoms with Crippen molar-refractivity contribution in [2.24, 2.45) is 5.92 Å². The first-order chi connectivity index (χ1) is 20.5. The van der Waals surface area contributed by atoms with Crippen molar-refractivity contribution in [1.82, 2.24) is 25.8 Å². The monoisotopic (exact) mass is 581 g/mol. The number of nitrogens with zero attached hydrogens (tertiary/aromatic N) is 2. The maximum absolute atomic E-state index is 14.6. The van der Waals surface area contributed by atoms with Gasteiger partial charge in [0, 0.05) is 44.3 Å². The quantitative estimate of drug-likeness (QED) is 0.431. The van der Waals surface area contributed by atoms with Crippen LogP contribution in [0.25, 0.3) is 0 Å². The van der Waals surface area contributed by atoms with E-state index in [-0.39, 0.29) is 47.9 Å². The zero-order chi connectivity index (χ0) is 29.1. The molecule has 0 unspecified atom stereocenters. The number of rotatable bonds is 8. The number of ether oxygens (including phenoxy) is 2. The topological polar surface area (TPSA) is 112 Å². The molecule has 1 aromatic carbocycles. The number of benzene rings is 1. The number of fused-ring (bicyclic) bond motifs is 2. The highest BCUT2D eigenvalue weighted by Crippen LogP contribution is 2.34. The van der Waals surface area contributed by atoms with Crippen molar-refractivity contribution in [3.63, 3.8) is 0 Å². The van der Waals surface area contributed by atoms with Gasteiger partial charge in [0.1, 0.15) is 17.8 Å². The van der Waals surface area contributed by atoms with Crippen molar-refractivity contribution in [3.8, 4) is 5.75 Å². The Morgan fingerprint density at radius 3 is 2.64 bits per heavy atom. The summed E-state index contributed by atoms with van der Waals surface area (Å²) in [5.74, 6) is 0.535. The van der Waals surface area contributed by atoms with Crippen LogP contribution in [0.3, 0.4) is 0 Å². The number of carbonyl (C=O) groups excluding carboxylic acids is 3. The molecule has 3 N–H and O–H groups in total. The zero-order valence-electron chi connectivity index (χ0n) is 24.9. The van der Waals surface area contributed by atoms with Gasteiger partial charge in [-0.2, -0.15) is 0 Å². The number of amides is 3. The van der Waals surface area contributed by atoms with Gasteiger partial charge < -0.3 is 30.3 Å². The van der Waals surface area contributed by atoms with Gasteiger partial charge in [-0.3, -0.25) is 19.3 Å². The third-order valence-electron chi connectivity index (χ3n) is 10.0. The fraction of sp³-hybridized carbons (Fsp3) is 0.719. The lowest BCUT2D eigenvalue weighted by atomic mass is 9.82. The summed E-state index contributed by atoms with van der Waals surface area (Å²) in [4.78, 5) is 46.1. The molecule has 6 rings (SSSR count). The molecule has 42 heavy (non-hydrogen) atoms. The largest absolute Gasteiger partial charge is 0.493 e. The summed E-state index contributed by atoms with van der Waals surface area (Å²) in [6, 6.07) is 6.28. The Kier molecular flexibility index (Phi) is 9.31. The second-order valence-corrected chi connectivity index (χ2v) is 12.7. The molecule has 1 saturated carbocycles. The molecule has 10 heteroatoms. The standard InChI is InChI=1S/C32H47N5O5/c1-2-41-23-17-22-18-37(32(40)29(21-9-4-3-5-10-21)35-30(38)26-12-8-15-33-26)27(20-36(22)19-23)31(39)34-25-14-16-42-28-13-7-6-11-24(25)28/h6-7,11,13,21-23,25-27,29,33H,2-5,8-10,12,14-20H2,1H3,(H,34,39)(H,35,38)/t22-,23-,25-,26-,27+,29+/m1/s1. The van der Waals surface area contributed by atoms with Gasteiger partial charge in [0.25, 0.3) is 0 Å². The van der Waals surface area contributed by atoms with E-state index in [9.17, 15) is 14.4 Å². The average Bonchev–Trinajstić information content (AvgIpc) is 3.70. The molecule has 0 spiro atoms. The van der Waals surface area contributed by atoms with E-state index in [2.05, 4.69) is 20.9 Å². The van der Waals surface area contributed by atoms with Crippen LogP contribution >= 0.6 is 0 Å². The molecule has 3 amide bonds. The van der Waals surface area contributed by atoms with Crippen molar-refractivity contribution in [3.05, 3.63) is 29.8 Å². The maximum Gasteiger partial charge on any atom is 0.246 e. The van der Waals surface area contributed by atoms with Crippen LogP contribution in [0.15, 0.2) is 24.3 Å². The maximum atomic E-state index is 14.6. The number of hydrogen-bond acceptors (Lipinski definition) is 7. The van der Waals surface area contributed by atoms with Crippen LogP contribution in [0.2, 0.25) is 0 Å². The average molecular weight is 582 g/mol.